The van der Waals surface area contributed by atoms with Gasteiger partial charge in [0.15, 0.2) is 5.69 Å². The lowest BCUT2D eigenvalue weighted by molar-refractivity contribution is 0.102. The van der Waals surface area contributed by atoms with Crippen LogP contribution in [0, 0.1) is 13.8 Å². The molecule has 0 aliphatic carbocycles. The summed E-state index contributed by atoms with van der Waals surface area (Å²) < 4.78 is 7.03. The molecule has 0 spiro atoms. The summed E-state index contributed by atoms with van der Waals surface area (Å²) in [5.41, 5.74) is 4.70. The van der Waals surface area contributed by atoms with Gasteiger partial charge in [-0.05, 0) is 67.4 Å². The van der Waals surface area contributed by atoms with Crippen molar-refractivity contribution in [3.8, 4) is 11.4 Å². The van der Waals surface area contributed by atoms with Gasteiger partial charge in [0.1, 0.15) is 11.4 Å². The van der Waals surface area contributed by atoms with Crippen LogP contribution < -0.4 is 20.7 Å². The third-order valence-electron chi connectivity index (χ3n) is 5.18. The van der Waals surface area contributed by atoms with Crippen LogP contribution in [0.4, 0.5) is 21.9 Å². The molecule has 34 heavy (non-hydrogen) atoms. The van der Waals surface area contributed by atoms with Crippen LogP contribution in [-0.2, 0) is 0 Å². The number of nitrogens with one attached hydrogen (secondary N) is 3. The molecule has 3 N–H and O–H groups in total. The number of urea groups is 1. The van der Waals surface area contributed by atoms with Gasteiger partial charge in [0, 0.05) is 23.3 Å². The summed E-state index contributed by atoms with van der Waals surface area (Å²) >= 11 is 0. The number of hydrogen-bond acceptors (Lipinski definition) is 4. The molecule has 0 fully saturated rings. The van der Waals surface area contributed by atoms with Crippen molar-refractivity contribution in [3.05, 3.63) is 95.8 Å². The molecule has 172 valence electrons. The summed E-state index contributed by atoms with van der Waals surface area (Å²) in [4.78, 5) is 25.2. The SMILES string of the molecule is COc1ccc(C)cc1-n1ccc(C(=O)Nc2cc(NC(=O)Nc3ccccc3)ccc2C)n1. The number of benzene rings is 3. The summed E-state index contributed by atoms with van der Waals surface area (Å²) in [6.07, 6.45) is 1.71. The highest BCUT2D eigenvalue weighted by molar-refractivity contribution is 6.04. The summed E-state index contributed by atoms with van der Waals surface area (Å²) in [5.74, 6) is 0.295. The topological polar surface area (TPSA) is 97.3 Å². The Bertz CT molecular complexity index is 1330. The van der Waals surface area contributed by atoms with Crippen molar-refractivity contribution in [1.82, 2.24) is 9.78 Å². The van der Waals surface area contributed by atoms with Crippen LogP contribution in [0.5, 0.6) is 5.75 Å². The number of aromatic nitrogens is 2. The first-order chi connectivity index (χ1) is 16.4. The predicted octanol–water partition coefficient (Wildman–Crippen LogP) is 5.39. The van der Waals surface area contributed by atoms with Gasteiger partial charge < -0.3 is 20.7 Å². The predicted molar refractivity (Wildman–Crippen MR) is 133 cm³/mol. The van der Waals surface area contributed by atoms with Crippen molar-refractivity contribution < 1.29 is 14.3 Å². The van der Waals surface area contributed by atoms with Crippen molar-refractivity contribution in [2.75, 3.05) is 23.1 Å². The minimum absolute atomic E-state index is 0.253. The van der Waals surface area contributed by atoms with Crippen LogP contribution in [0.3, 0.4) is 0 Å². The molecular weight excluding hydrogens is 430 g/mol. The molecule has 3 amide bonds. The van der Waals surface area contributed by atoms with E-state index in [0.29, 0.717) is 22.8 Å². The highest BCUT2D eigenvalue weighted by atomic mass is 16.5. The first kappa shape index (κ1) is 22.6. The van der Waals surface area contributed by atoms with Gasteiger partial charge in [-0.2, -0.15) is 5.10 Å². The Balaban J connectivity index is 1.47. The number of anilines is 3. The van der Waals surface area contributed by atoms with Crippen LogP contribution >= 0.6 is 0 Å². The molecule has 4 rings (SSSR count). The van der Waals surface area contributed by atoms with Gasteiger partial charge in [0.25, 0.3) is 5.91 Å². The zero-order valence-corrected chi connectivity index (χ0v) is 19.1. The summed E-state index contributed by atoms with van der Waals surface area (Å²) in [6.45, 7) is 3.85. The molecule has 0 saturated heterocycles. The Kier molecular flexibility index (Phi) is 6.59. The first-order valence-electron chi connectivity index (χ1n) is 10.7. The van der Waals surface area contributed by atoms with E-state index in [-0.39, 0.29) is 17.6 Å². The molecule has 0 bridgehead atoms. The fraction of sp³-hybridized carbons (Fsp3) is 0.115. The molecule has 0 atom stereocenters. The monoisotopic (exact) mass is 455 g/mol. The van der Waals surface area contributed by atoms with Gasteiger partial charge in [0.2, 0.25) is 0 Å². The number of methoxy groups -OCH3 is 1. The Hall–Kier alpha value is -4.59. The van der Waals surface area contributed by atoms with Crippen molar-refractivity contribution >= 4 is 29.0 Å². The number of rotatable bonds is 6. The second-order valence-corrected chi connectivity index (χ2v) is 7.75. The summed E-state index contributed by atoms with van der Waals surface area (Å²) in [5, 5.41) is 12.8. The van der Waals surface area contributed by atoms with E-state index in [9.17, 15) is 9.59 Å². The van der Waals surface area contributed by atoms with E-state index in [2.05, 4.69) is 21.0 Å². The molecule has 8 nitrogen and oxygen atoms in total. The molecule has 3 aromatic carbocycles. The lowest BCUT2D eigenvalue weighted by Gasteiger charge is -2.12. The van der Waals surface area contributed by atoms with Crippen LogP contribution in [0.25, 0.3) is 5.69 Å². The van der Waals surface area contributed by atoms with Crippen molar-refractivity contribution in [3.63, 3.8) is 0 Å². The highest BCUT2D eigenvalue weighted by Gasteiger charge is 2.14. The van der Waals surface area contributed by atoms with Gasteiger partial charge in [-0.15, -0.1) is 0 Å². The minimum atomic E-state index is -0.377. The zero-order valence-electron chi connectivity index (χ0n) is 19.1. The molecule has 0 aliphatic heterocycles. The molecule has 0 radical (unpaired) electrons. The second-order valence-electron chi connectivity index (χ2n) is 7.75. The quantitative estimate of drug-likeness (QED) is 0.363. The number of carbonyl (C=O) groups excluding carboxylic acids is 2. The molecule has 1 aromatic heterocycles. The normalized spacial score (nSPS) is 10.4. The van der Waals surface area contributed by atoms with Gasteiger partial charge in [0.05, 0.1) is 7.11 Å². The number of hydrogen-bond donors (Lipinski definition) is 3. The largest absolute Gasteiger partial charge is 0.494 e. The van der Waals surface area contributed by atoms with Crippen LogP contribution in [0.2, 0.25) is 0 Å². The fourth-order valence-corrected chi connectivity index (χ4v) is 3.39. The number of aryl methyl sites for hydroxylation is 2. The van der Waals surface area contributed by atoms with E-state index in [1.54, 1.807) is 48.3 Å². The Labute approximate surface area is 197 Å². The van der Waals surface area contributed by atoms with Gasteiger partial charge in [-0.25, -0.2) is 9.48 Å². The number of nitrogens with zero attached hydrogens (tertiary/aromatic N) is 2. The number of amides is 3. The summed E-state index contributed by atoms with van der Waals surface area (Å²) in [6, 6.07) is 21.5. The van der Waals surface area contributed by atoms with E-state index in [4.69, 9.17) is 4.74 Å². The van der Waals surface area contributed by atoms with Crippen LogP contribution in [0.15, 0.2) is 79.0 Å². The third-order valence-corrected chi connectivity index (χ3v) is 5.18. The van der Waals surface area contributed by atoms with Crippen LogP contribution in [-0.4, -0.2) is 28.8 Å². The molecular formula is C26H25N5O3. The lowest BCUT2D eigenvalue weighted by atomic mass is 10.1. The second kappa shape index (κ2) is 9.91. The first-order valence-corrected chi connectivity index (χ1v) is 10.7. The Morgan fingerprint density at radius 2 is 1.62 bits per heavy atom. The van der Waals surface area contributed by atoms with Crippen LogP contribution in [0.1, 0.15) is 21.6 Å². The molecule has 0 saturated carbocycles. The number of carbonyl (C=O) groups is 2. The zero-order chi connectivity index (χ0) is 24.1. The number of para-hydroxylation sites is 1. The molecule has 0 aliphatic rings. The van der Waals surface area contributed by atoms with Gasteiger partial charge in [-0.3, -0.25) is 4.79 Å². The average Bonchev–Trinajstić information content (AvgIpc) is 3.32. The molecule has 1 heterocycles. The van der Waals surface area contributed by atoms with Gasteiger partial charge >= 0.3 is 6.03 Å². The molecule has 4 aromatic rings. The maximum atomic E-state index is 12.9. The Morgan fingerprint density at radius 1 is 0.853 bits per heavy atom. The minimum Gasteiger partial charge on any atom is -0.494 e. The maximum Gasteiger partial charge on any atom is 0.323 e. The van der Waals surface area contributed by atoms with Crippen molar-refractivity contribution in [2.24, 2.45) is 0 Å². The maximum absolute atomic E-state index is 12.9. The smallest absolute Gasteiger partial charge is 0.323 e. The van der Waals surface area contributed by atoms with Crippen molar-refractivity contribution in [1.29, 1.82) is 0 Å². The van der Waals surface area contributed by atoms with E-state index in [1.807, 2.05) is 56.3 Å². The average molecular weight is 456 g/mol. The van der Waals surface area contributed by atoms with E-state index in [0.717, 1.165) is 16.8 Å². The van der Waals surface area contributed by atoms with E-state index in [1.165, 1.54) is 0 Å². The highest BCUT2D eigenvalue weighted by Crippen LogP contribution is 2.24. The molecule has 0 unspecified atom stereocenters. The Morgan fingerprint density at radius 3 is 2.38 bits per heavy atom. The number of ether oxygens (including phenoxy) is 1. The molecule has 8 heteroatoms. The van der Waals surface area contributed by atoms with Crippen molar-refractivity contribution in [2.45, 2.75) is 13.8 Å². The van der Waals surface area contributed by atoms with Gasteiger partial charge in [-0.1, -0.05) is 30.3 Å². The van der Waals surface area contributed by atoms with E-state index < -0.39 is 0 Å². The third kappa shape index (κ3) is 5.24. The fourth-order valence-electron chi connectivity index (χ4n) is 3.39. The lowest BCUT2D eigenvalue weighted by Crippen LogP contribution is -2.20. The standard InChI is InChI=1S/C26H25N5O3/c1-17-9-12-24(34-3)23(15-17)31-14-13-21(30-31)25(32)29-22-16-20(11-10-18(22)2)28-26(33)27-19-7-5-4-6-8-19/h4-16H,1-3H3,(H,29,32)(H2,27,28,33). The van der Waals surface area contributed by atoms with E-state index >= 15 is 0 Å². The summed E-state index contributed by atoms with van der Waals surface area (Å²) in [7, 11) is 1.59.